The van der Waals surface area contributed by atoms with E-state index in [-0.39, 0.29) is 6.42 Å². The first-order chi connectivity index (χ1) is 21.0. The monoisotopic (exact) mass is 569 g/mol. The summed E-state index contributed by atoms with van der Waals surface area (Å²) in [7, 11) is 0. The highest BCUT2D eigenvalue weighted by Gasteiger charge is 2.23. The maximum Gasteiger partial charge on any atom is 0.320 e. The molecule has 0 unspecified atom stereocenters. The van der Waals surface area contributed by atoms with E-state index in [0.717, 1.165) is 38.6 Å². The quantitative estimate of drug-likeness (QED) is 0.206. The smallest absolute Gasteiger partial charge is 0.320 e. The van der Waals surface area contributed by atoms with Gasteiger partial charge in [-0.2, -0.15) is 0 Å². The number of halogens is 1. The number of hydrogen-bond donors (Lipinski definition) is 2. The fourth-order valence-corrected chi connectivity index (χ4v) is 5.35. The zero-order valence-electron chi connectivity index (χ0n) is 22.7. The average Bonchev–Trinajstić information content (AvgIpc) is 3.43. The molecule has 0 amide bonds. The van der Waals surface area contributed by atoms with Gasteiger partial charge in [-0.15, -0.1) is 0 Å². The number of carbonyl (C=O) groups is 1. The van der Waals surface area contributed by atoms with Crippen molar-refractivity contribution in [3.63, 3.8) is 0 Å². The summed E-state index contributed by atoms with van der Waals surface area (Å²) in [5, 5.41) is 10.7. The average molecular weight is 570 g/mol. The lowest BCUT2D eigenvalue weighted by molar-refractivity contribution is -0.138. The Hall–Kier alpha value is -5.67. The minimum Gasteiger partial charge on any atom is -0.480 e. The number of aromatic nitrogens is 4. The molecule has 0 aliphatic rings. The summed E-state index contributed by atoms with van der Waals surface area (Å²) < 4.78 is 23.8. The third-order valence-electron chi connectivity index (χ3n) is 7.36. The van der Waals surface area contributed by atoms with Gasteiger partial charge in [0.15, 0.2) is 0 Å². The number of aliphatic carboxylic acids is 1. The van der Waals surface area contributed by atoms with Crippen LogP contribution in [-0.4, -0.2) is 36.6 Å². The number of carboxylic acid groups (broad SMARTS) is 1. The van der Waals surface area contributed by atoms with E-state index in [1.165, 1.54) is 6.07 Å². The molecular formula is C34H24FN5O3. The van der Waals surface area contributed by atoms with Crippen LogP contribution >= 0.6 is 0 Å². The van der Waals surface area contributed by atoms with Crippen LogP contribution in [0.3, 0.4) is 0 Å². The maximum absolute atomic E-state index is 15.9. The Morgan fingerprint density at radius 3 is 2.21 bits per heavy atom. The lowest BCUT2D eigenvalue weighted by Crippen LogP contribution is -2.32. The topological polar surface area (TPSA) is 116 Å². The minimum absolute atomic E-state index is 0.193. The molecule has 0 fully saturated rings. The molecule has 9 heteroatoms. The number of imidazole rings is 1. The third kappa shape index (κ3) is 4.71. The van der Waals surface area contributed by atoms with Crippen LogP contribution in [0, 0.1) is 5.82 Å². The molecule has 0 bridgehead atoms. The van der Waals surface area contributed by atoms with Gasteiger partial charge in [-0.1, -0.05) is 30.3 Å². The van der Waals surface area contributed by atoms with Crippen LogP contribution in [0.4, 0.5) is 4.39 Å². The van der Waals surface area contributed by atoms with E-state index >= 15 is 4.39 Å². The molecule has 7 aromatic rings. The molecular weight excluding hydrogens is 545 g/mol. The van der Waals surface area contributed by atoms with Crippen LogP contribution in [-0.2, 0) is 11.2 Å². The van der Waals surface area contributed by atoms with Gasteiger partial charge in [0.1, 0.15) is 29.2 Å². The van der Waals surface area contributed by atoms with Gasteiger partial charge >= 0.3 is 5.97 Å². The fourth-order valence-electron chi connectivity index (χ4n) is 5.35. The summed E-state index contributed by atoms with van der Waals surface area (Å²) >= 11 is 0. The minimum atomic E-state index is -1.06. The van der Waals surface area contributed by atoms with Crippen molar-refractivity contribution in [3.8, 4) is 28.6 Å². The van der Waals surface area contributed by atoms with E-state index < -0.39 is 17.8 Å². The molecule has 0 aliphatic heterocycles. The molecule has 3 heterocycles. The zero-order chi connectivity index (χ0) is 29.5. The number of nitrogens with zero attached hydrogens (tertiary/aromatic N) is 4. The largest absolute Gasteiger partial charge is 0.480 e. The van der Waals surface area contributed by atoms with Crippen molar-refractivity contribution < 1.29 is 19.0 Å². The van der Waals surface area contributed by atoms with Crippen LogP contribution in [0.5, 0.6) is 11.5 Å². The number of hydrogen-bond acceptors (Lipinski definition) is 6. The summed E-state index contributed by atoms with van der Waals surface area (Å²) in [6.45, 7) is 0. The number of para-hydroxylation sites is 1. The van der Waals surface area contributed by atoms with Crippen molar-refractivity contribution >= 4 is 38.8 Å². The number of ether oxygens (including phenoxy) is 1. The van der Waals surface area contributed by atoms with Gasteiger partial charge < -0.3 is 15.6 Å². The van der Waals surface area contributed by atoms with E-state index in [2.05, 4.69) is 9.97 Å². The SMILES string of the molecule is N[C@@H](Cc1ccc(Oc2ccc(-c3nc4c5cccnc5c5ncccc5c4n3-c3ccccc3)c(F)c2)cc1)C(=O)O. The predicted octanol–water partition coefficient (Wildman–Crippen LogP) is 6.67. The molecule has 0 spiro atoms. The maximum atomic E-state index is 15.9. The second-order valence-corrected chi connectivity index (χ2v) is 10.1. The Balaban J connectivity index is 1.34. The van der Waals surface area contributed by atoms with E-state index in [4.69, 9.17) is 20.6 Å². The van der Waals surface area contributed by atoms with Gasteiger partial charge in [-0.05, 0) is 72.6 Å². The summed E-state index contributed by atoms with van der Waals surface area (Å²) in [6, 6.07) is 28.0. The highest BCUT2D eigenvalue weighted by atomic mass is 19.1. The number of nitrogens with two attached hydrogens (primary N) is 1. The molecule has 0 saturated carbocycles. The summed E-state index contributed by atoms with van der Waals surface area (Å²) in [5.41, 5.74) is 10.5. The fraction of sp³-hybridized carbons (Fsp3) is 0.0588. The van der Waals surface area contributed by atoms with Crippen molar-refractivity contribution in [3.05, 3.63) is 121 Å². The number of carboxylic acids is 1. The lowest BCUT2D eigenvalue weighted by Gasteiger charge is -2.13. The zero-order valence-corrected chi connectivity index (χ0v) is 22.7. The molecule has 8 nitrogen and oxygen atoms in total. The second-order valence-electron chi connectivity index (χ2n) is 10.1. The van der Waals surface area contributed by atoms with Crippen molar-refractivity contribution in [1.29, 1.82) is 0 Å². The van der Waals surface area contributed by atoms with Crippen LogP contribution in [0.15, 0.2) is 109 Å². The highest BCUT2D eigenvalue weighted by molar-refractivity contribution is 6.21. The molecule has 0 aliphatic carbocycles. The summed E-state index contributed by atoms with van der Waals surface area (Å²) in [5.74, 6) is -0.340. The van der Waals surface area contributed by atoms with Crippen molar-refractivity contribution in [1.82, 2.24) is 19.5 Å². The number of rotatable bonds is 7. The van der Waals surface area contributed by atoms with Crippen molar-refractivity contribution in [2.24, 2.45) is 5.73 Å². The first-order valence-corrected chi connectivity index (χ1v) is 13.6. The van der Waals surface area contributed by atoms with Gasteiger partial charge in [0.05, 0.1) is 27.6 Å². The number of fused-ring (bicyclic) bond motifs is 6. The standard InChI is InChI=1S/C34H24FN5O3/c35-27-19-23(43-22-12-10-20(11-13-22)18-28(36)34(41)42)14-15-24(27)33-39-31-25-8-4-16-37-29(25)30-26(9-5-17-38-30)32(31)40(33)21-6-2-1-3-7-21/h1-17,19,28H,18,36H2,(H,41,42)/t28-/m0/s1. The van der Waals surface area contributed by atoms with Gasteiger partial charge in [-0.25, -0.2) is 9.37 Å². The number of pyridine rings is 2. The van der Waals surface area contributed by atoms with Gasteiger partial charge in [-0.3, -0.25) is 19.3 Å². The molecule has 0 radical (unpaired) electrons. The molecule has 3 aromatic heterocycles. The van der Waals surface area contributed by atoms with Crippen LogP contribution in [0.2, 0.25) is 0 Å². The summed E-state index contributed by atoms with van der Waals surface area (Å²) in [6.07, 6.45) is 3.66. The van der Waals surface area contributed by atoms with Crippen molar-refractivity contribution in [2.75, 3.05) is 0 Å². The van der Waals surface area contributed by atoms with Gasteiger partial charge in [0.25, 0.3) is 0 Å². The van der Waals surface area contributed by atoms with Crippen LogP contribution in [0.25, 0.3) is 49.9 Å². The Morgan fingerprint density at radius 2 is 1.51 bits per heavy atom. The molecule has 210 valence electrons. The Kier molecular flexibility index (Phi) is 6.48. The predicted molar refractivity (Wildman–Crippen MR) is 163 cm³/mol. The van der Waals surface area contributed by atoms with E-state index in [9.17, 15) is 4.79 Å². The molecule has 7 rings (SSSR count). The van der Waals surface area contributed by atoms with Gasteiger partial charge in [0, 0.05) is 34.9 Å². The molecule has 1 atom stereocenters. The van der Waals surface area contributed by atoms with Crippen LogP contribution in [0.1, 0.15) is 5.56 Å². The molecule has 3 N–H and O–H groups in total. The first-order valence-electron chi connectivity index (χ1n) is 13.6. The highest BCUT2D eigenvalue weighted by Crippen LogP contribution is 2.39. The third-order valence-corrected chi connectivity index (χ3v) is 7.36. The Morgan fingerprint density at radius 1 is 0.837 bits per heavy atom. The van der Waals surface area contributed by atoms with Crippen LogP contribution < -0.4 is 10.5 Å². The van der Waals surface area contributed by atoms with E-state index in [1.54, 1.807) is 48.8 Å². The first kappa shape index (κ1) is 26.2. The Bertz CT molecular complexity index is 2150. The Labute approximate surface area is 244 Å². The second kappa shape index (κ2) is 10.6. The molecule has 4 aromatic carbocycles. The van der Waals surface area contributed by atoms with Crippen molar-refractivity contribution in [2.45, 2.75) is 12.5 Å². The molecule has 43 heavy (non-hydrogen) atoms. The lowest BCUT2D eigenvalue weighted by atomic mass is 10.1. The van der Waals surface area contributed by atoms with E-state index in [1.807, 2.05) is 59.2 Å². The van der Waals surface area contributed by atoms with E-state index in [0.29, 0.717) is 28.4 Å². The molecule has 0 saturated heterocycles. The summed E-state index contributed by atoms with van der Waals surface area (Å²) in [4.78, 5) is 25.3. The normalized spacial score (nSPS) is 12.1. The van der Waals surface area contributed by atoms with Gasteiger partial charge in [0.2, 0.25) is 0 Å². The number of benzene rings is 4.